The molecule has 2 atom stereocenters. The molecule has 0 saturated carbocycles. The Labute approximate surface area is 167 Å². The predicted octanol–water partition coefficient (Wildman–Crippen LogP) is 4.30. The third kappa shape index (κ3) is 4.39. The summed E-state index contributed by atoms with van der Waals surface area (Å²) in [5, 5.41) is 0.670. The van der Waals surface area contributed by atoms with Gasteiger partial charge in [-0.3, -0.25) is 9.80 Å². The molecule has 5 heteroatoms. The highest BCUT2D eigenvalue weighted by molar-refractivity contribution is 6.30. The third-order valence-electron chi connectivity index (χ3n) is 6.24. The van der Waals surface area contributed by atoms with Crippen LogP contribution in [0.25, 0.3) is 0 Å². The van der Waals surface area contributed by atoms with E-state index >= 15 is 0 Å². The molecule has 0 aliphatic carbocycles. The first kappa shape index (κ1) is 19.0. The molecule has 1 aromatic heterocycles. The lowest BCUT2D eigenvalue weighted by atomic mass is 10.1. The van der Waals surface area contributed by atoms with Crippen molar-refractivity contribution in [2.24, 2.45) is 0 Å². The highest BCUT2D eigenvalue weighted by Crippen LogP contribution is 2.33. The monoisotopic (exact) mass is 386 g/mol. The number of benzene rings is 1. The Morgan fingerprint density at radius 3 is 2.59 bits per heavy atom. The van der Waals surface area contributed by atoms with E-state index in [-0.39, 0.29) is 0 Å². The molecule has 0 unspecified atom stereocenters. The maximum Gasteiger partial charge on any atom is 0.151 e. The molecule has 2 aliphatic heterocycles. The third-order valence-corrected chi connectivity index (χ3v) is 6.56. The second-order valence-electron chi connectivity index (χ2n) is 8.01. The lowest BCUT2D eigenvalue weighted by molar-refractivity contribution is 0.217. The molecule has 1 aromatic carbocycles. The molecule has 146 valence electrons. The number of halogens is 1. The van der Waals surface area contributed by atoms with E-state index in [4.69, 9.17) is 11.6 Å². The van der Waals surface area contributed by atoms with E-state index in [2.05, 4.69) is 57.0 Å². The van der Waals surface area contributed by atoms with Crippen molar-refractivity contribution in [1.82, 2.24) is 19.8 Å². The first-order valence-electron chi connectivity index (χ1n) is 10.5. The summed E-state index contributed by atoms with van der Waals surface area (Å²) in [5.74, 6) is 1.04. The van der Waals surface area contributed by atoms with Crippen molar-refractivity contribution in [3.63, 3.8) is 0 Å². The largest absolute Gasteiger partial charge is 0.344 e. The van der Waals surface area contributed by atoms with Crippen molar-refractivity contribution in [3.8, 4) is 0 Å². The van der Waals surface area contributed by atoms with Crippen LogP contribution in [0.1, 0.15) is 49.7 Å². The summed E-state index contributed by atoms with van der Waals surface area (Å²) in [5.41, 5.74) is 2.55. The van der Waals surface area contributed by atoms with Gasteiger partial charge in [-0.15, -0.1) is 0 Å². The van der Waals surface area contributed by atoms with Gasteiger partial charge in [0.1, 0.15) is 5.82 Å². The summed E-state index contributed by atoms with van der Waals surface area (Å²) in [6.07, 6.45) is 7.03. The van der Waals surface area contributed by atoms with E-state index in [9.17, 15) is 0 Å². The summed E-state index contributed by atoms with van der Waals surface area (Å²) in [4.78, 5) is 13.3. The summed E-state index contributed by atoms with van der Waals surface area (Å²) in [6.45, 7) is 6.67. The van der Waals surface area contributed by atoms with Gasteiger partial charge in [-0.1, -0.05) is 55.3 Å². The van der Waals surface area contributed by atoms with Crippen LogP contribution < -0.4 is 0 Å². The standard InChI is InChI=1S/C22H31ClN4/c1-2-3-9-21-24-18(22(23)25-21)16-27-15-12-19-20(27)11-14-26(19)13-10-17-7-5-4-6-8-17/h4-8,19-20H,2-3,9-16H2,1H3,(H,24,25)/t19-,20-/m0/s1. The van der Waals surface area contributed by atoms with E-state index in [0.717, 1.165) is 43.9 Å². The smallest absolute Gasteiger partial charge is 0.151 e. The number of likely N-dealkylation sites (tertiary alicyclic amines) is 2. The number of imidazole rings is 1. The van der Waals surface area contributed by atoms with Gasteiger partial charge in [-0.05, 0) is 31.2 Å². The molecule has 27 heavy (non-hydrogen) atoms. The number of hydrogen-bond donors (Lipinski definition) is 1. The Morgan fingerprint density at radius 1 is 1.07 bits per heavy atom. The highest BCUT2D eigenvalue weighted by atomic mass is 35.5. The molecular weight excluding hydrogens is 356 g/mol. The number of H-pyrrole nitrogens is 1. The number of rotatable bonds is 8. The molecule has 0 amide bonds. The summed E-state index contributed by atoms with van der Waals surface area (Å²) >= 11 is 6.41. The van der Waals surface area contributed by atoms with Gasteiger partial charge in [-0.25, -0.2) is 4.98 Å². The average Bonchev–Trinajstić information content (AvgIpc) is 3.36. The van der Waals surface area contributed by atoms with E-state index in [0.29, 0.717) is 17.2 Å². The second-order valence-corrected chi connectivity index (χ2v) is 8.37. The van der Waals surface area contributed by atoms with E-state index in [1.54, 1.807) is 0 Å². The molecule has 2 fully saturated rings. The fraction of sp³-hybridized carbons (Fsp3) is 0.591. The topological polar surface area (TPSA) is 35.2 Å². The summed E-state index contributed by atoms with van der Waals surface area (Å²) in [7, 11) is 0. The van der Waals surface area contributed by atoms with Crippen LogP contribution in [0.4, 0.5) is 0 Å². The first-order chi connectivity index (χ1) is 13.2. The van der Waals surface area contributed by atoms with Crippen LogP contribution >= 0.6 is 11.6 Å². The number of fused-ring (bicyclic) bond motifs is 1. The van der Waals surface area contributed by atoms with Crippen molar-refractivity contribution in [3.05, 3.63) is 52.6 Å². The molecule has 0 spiro atoms. The van der Waals surface area contributed by atoms with Gasteiger partial charge in [0.25, 0.3) is 0 Å². The molecule has 0 radical (unpaired) electrons. The minimum atomic E-state index is 0.666. The van der Waals surface area contributed by atoms with E-state index < -0.39 is 0 Å². The van der Waals surface area contributed by atoms with Gasteiger partial charge >= 0.3 is 0 Å². The number of aromatic amines is 1. The number of aryl methyl sites for hydroxylation is 1. The average molecular weight is 387 g/mol. The van der Waals surface area contributed by atoms with Crippen LogP contribution in [0.2, 0.25) is 5.15 Å². The first-order valence-corrected chi connectivity index (χ1v) is 10.9. The molecule has 0 bridgehead atoms. The molecule has 1 N–H and O–H groups in total. The number of hydrogen-bond acceptors (Lipinski definition) is 3. The normalized spacial score (nSPS) is 23.2. The van der Waals surface area contributed by atoms with Gasteiger partial charge in [0, 0.05) is 44.7 Å². The lowest BCUT2D eigenvalue weighted by Gasteiger charge is -2.25. The zero-order chi connectivity index (χ0) is 18.6. The van der Waals surface area contributed by atoms with Crippen LogP contribution in [-0.4, -0.2) is 51.5 Å². The molecule has 3 heterocycles. The summed E-state index contributed by atoms with van der Waals surface area (Å²) < 4.78 is 0. The van der Waals surface area contributed by atoms with Crippen LogP contribution in [0.5, 0.6) is 0 Å². The SMILES string of the molecule is CCCCc1nc(Cl)c(CN2CC[C@H]3[C@@H]2CCN3CCc2ccccc2)[nH]1. The fourth-order valence-corrected chi connectivity index (χ4v) is 4.97. The van der Waals surface area contributed by atoms with Gasteiger partial charge in [0.2, 0.25) is 0 Å². The van der Waals surface area contributed by atoms with Crippen molar-refractivity contribution in [1.29, 1.82) is 0 Å². The predicted molar refractivity (Wildman–Crippen MR) is 111 cm³/mol. The zero-order valence-corrected chi connectivity index (χ0v) is 17.1. The number of aromatic nitrogens is 2. The molecular formula is C22H31ClN4. The Kier molecular flexibility index (Phi) is 6.16. The van der Waals surface area contributed by atoms with Gasteiger partial charge in [0.05, 0.1) is 5.69 Å². The Hall–Kier alpha value is -1.36. The Bertz CT molecular complexity index is 729. The highest BCUT2D eigenvalue weighted by Gasteiger charge is 2.42. The number of nitrogens with one attached hydrogen (secondary N) is 1. The Morgan fingerprint density at radius 2 is 1.81 bits per heavy atom. The van der Waals surface area contributed by atoms with Gasteiger partial charge < -0.3 is 4.98 Å². The summed E-state index contributed by atoms with van der Waals surface area (Å²) in [6, 6.07) is 12.2. The molecule has 4 rings (SSSR count). The molecule has 2 aliphatic rings. The molecule has 2 aromatic rings. The van der Waals surface area contributed by atoms with Gasteiger partial charge in [-0.2, -0.15) is 0 Å². The van der Waals surface area contributed by atoms with E-state index in [1.165, 1.54) is 37.9 Å². The number of nitrogens with zero attached hydrogens (tertiary/aromatic N) is 3. The maximum atomic E-state index is 6.41. The fourth-order valence-electron chi connectivity index (χ4n) is 4.77. The Balaban J connectivity index is 1.33. The molecule has 2 saturated heterocycles. The van der Waals surface area contributed by atoms with E-state index in [1.807, 2.05) is 0 Å². The minimum absolute atomic E-state index is 0.666. The second kappa shape index (κ2) is 8.76. The van der Waals surface area contributed by atoms with Crippen molar-refractivity contribution < 1.29 is 0 Å². The number of unbranched alkanes of at least 4 members (excludes halogenated alkanes) is 1. The van der Waals surface area contributed by atoms with Crippen LogP contribution in [-0.2, 0) is 19.4 Å². The maximum absolute atomic E-state index is 6.41. The van der Waals surface area contributed by atoms with Crippen molar-refractivity contribution >= 4 is 11.6 Å². The minimum Gasteiger partial charge on any atom is -0.344 e. The van der Waals surface area contributed by atoms with Crippen molar-refractivity contribution in [2.45, 2.75) is 64.1 Å². The van der Waals surface area contributed by atoms with Crippen LogP contribution in [0.15, 0.2) is 30.3 Å². The molecule has 4 nitrogen and oxygen atoms in total. The quantitative estimate of drug-likeness (QED) is 0.734. The van der Waals surface area contributed by atoms with Crippen LogP contribution in [0.3, 0.4) is 0 Å². The van der Waals surface area contributed by atoms with Crippen LogP contribution in [0, 0.1) is 0 Å². The van der Waals surface area contributed by atoms with Crippen molar-refractivity contribution in [2.75, 3.05) is 19.6 Å². The lowest BCUT2D eigenvalue weighted by Crippen LogP contribution is -2.37. The van der Waals surface area contributed by atoms with Gasteiger partial charge in [0.15, 0.2) is 5.15 Å². The zero-order valence-electron chi connectivity index (χ0n) is 16.3.